The Hall–Kier alpha value is -1.91. The van der Waals surface area contributed by atoms with Gasteiger partial charge in [0.2, 0.25) is 0 Å². The van der Waals surface area contributed by atoms with E-state index in [1.165, 1.54) is 21.4 Å². The number of ether oxygens (including phenoxy) is 1. The minimum Gasteiger partial charge on any atom is -0.497 e. The van der Waals surface area contributed by atoms with E-state index >= 15 is 0 Å². The summed E-state index contributed by atoms with van der Waals surface area (Å²) in [6.45, 7) is 8.94. The molecule has 3 nitrogen and oxygen atoms in total. The Morgan fingerprint density at radius 2 is 1.85 bits per heavy atom. The van der Waals surface area contributed by atoms with E-state index in [0.717, 1.165) is 17.7 Å². The van der Waals surface area contributed by atoms with Crippen LogP contribution in [0.15, 0.2) is 53.6 Å². The van der Waals surface area contributed by atoms with Crippen molar-refractivity contribution >= 4 is 22.9 Å². The highest BCUT2D eigenvalue weighted by Gasteiger charge is 2.13. The molecule has 26 heavy (non-hydrogen) atoms. The molecular formula is C22H28N2OS. The van der Waals surface area contributed by atoms with Crippen molar-refractivity contribution in [3.63, 3.8) is 0 Å². The van der Waals surface area contributed by atoms with E-state index in [2.05, 4.69) is 80.0 Å². The molecule has 3 rings (SSSR count). The summed E-state index contributed by atoms with van der Waals surface area (Å²) in [6, 6.07) is 15.4. The first-order valence-corrected chi connectivity index (χ1v) is 9.85. The van der Waals surface area contributed by atoms with E-state index in [1.54, 1.807) is 19.1 Å². The second-order valence-corrected chi connectivity index (χ2v) is 8.74. The molecule has 0 amide bonds. The van der Waals surface area contributed by atoms with E-state index in [-0.39, 0.29) is 5.41 Å². The van der Waals surface area contributed by atoms with Crippen LogP contribution in [0.1, 0.15) is 38.8 Å². The minimum absolute atomic E-state index is 0.195. The topological polar surface area (TPSA) is 37.0 Å². The van der Waals surface area contributed by atoms with Gasteiger partial charge in [-0.05, 0) is 72.2 Å². The Labute approximate surface area is 160 Å². The lowest BCUT2D eigenvalue weighted by atomic mass is 9.87. The van der Waals surface area contributed by atoms with Gasteiger partial charge in [0.1, 0.15) is 5.75 Å². The monoisotopic (exact) mass is 368 g/mol. The van der Waals surface area contributed by atoms with Crippen LogP contribution in [-0.4, -0.2) is 18.1 Å². The Kier molecular flexibility index (Phi) is 5.64. The molecule has 3 aromatic rings. The third kappa shape index (κ3) is 4.43. The fraction of sp³-hybridized carbons (Fsp3) is 0.364. The number of fused-ring (bicyclic) bond motifs is 1. The number of hydrogen-bond donors (Lipinski definition) is 2. The summed E-state index contributed by atoms with van der Waals surface area (Å²) in [6.07, 6.45) is 3.06. The third-order valence-corrected chi connectivity index (χ3v) is 5.63. The molecule has 1 aromatic heterocycles. The molecule has 0 aliphatic rings. The average Bonchev–Trinajstić information content (AvgIpc) is 3.01. The minimum atomic E-state index is 0.195. The molecule has 0 saturated heterocycles. The number of benzene rings is 2. The quantitative estimate of drug-likeness (QED) is 0.548. The normalized spacial score (nSPS) is 13.1. The van der Waals surface area contributed by atoms with Crippen LogP contribution in [0.25, 0.3) is 10.9 Å². The predicted octanol–water partition coefficient (Wildman–Crippen LogP) is 5.70. The maximum Gasteiger partial charge on any atom is 0.119 e. The SMILES string of the molecule is COc1ccc2[nH]cc(CC(C)NSc3ccc(C(C)(C)C)cc3)c2c1. The first-order valence-electron chi connectivity index (χ1n) is 9.04. The van der Waals surface area contributed by atoms with Crippen LogP contribution in [0.2, 0.25) is 0 Å². The van der Waals surface area contributed by atoms with Crippen molar-refractivity contribution in [2.45, 2.75) is 50.5 Å². The highest BCUT2D eigenvalue weighted by atomic mass is 32.2. The van der Waals surface area contributed by atoms with Gasteiger partial charge in [-0.15, -0.1) is 0 Å². The van der Waals surface area contributed by atoms with Crippen molar-refractivity contribution in [2.24, 2.45) is 0 Å². The summed E-state index contributed by atoms with van der Waals surface area (Å²) < 4.78 is 8.92. The van der Waals surface area contributed by atoms with Crippen molar-refractivity contribution in [3.05, 3.63) is 59.8 Å². The van der Waals surface area contributed by atoms with Crippen molar-refractivity contribution in [3.8, 4) is 5.75 Å². The third-order valence-electron chi connectivity index (χ3n) is 4.60. The number of aromatic nitrogens is 1. The van der Waals surface area contributed by atoms with Crippen molar-refractivity contribution in [1.82, 2.24) is 9.71 Å². The van der Waals surface area contributed by atoms with Gasteiger partial charge in [-0.2, -0.15) is 0 Å². The molecule has 0 aliphatic carbocycles. The number of hydrogen-bond acceptors (Lipinski definition) is 3. The lowest BCUT2D eigenvalue weighted by Crippen LogP contribution is -2.21. The van der Waals surface area contributed by atoms with E-state index in [0.29, 0.717) is 6.04 Å². The largest absolute Gasteiger partial charge is 0.497 e. The smallest absolute Gasteiger partial charge is 0.119 e. The van der Waals surface area contributed by atoms with Crippen LogP contribution >= 0.6 is 11.9 Å². The Bertz CT molecular complexity index is 862. The van der Waals surface area contributed by atoms with Gasteiger partial charge < -0.3 is 9.72 Å². The number of aromatic amines is 1. The van der Waals surface area contributed by atoms with Gasteiger partial charge in [-0.1, -0.05) is 32.9 Å². The van der Waals surface area contributed by atoms with Gasteiger partial charge in [-0.25, -0.2) is 0 Å². The van der Waals surface area contributed by atoms with Crippen molar-refractivity contribution in [1.29, 1.82) is 0 Å². The van der Waals surface area contributed by atoms with Gasteiger partial charge in [0.05, 0.1) is 7.11 Å². The van der Waals surface area contributed by atoms with Crippen molar-refractivity contribution in [2.75, 3.05) is 7.11 Å². The summed E-state index contributed by atoms with van der Waals surface area (Å²) >= 11 is 1.70. The second kappa shape index (κ2) is 7.77. The predicted molar refractivity (Wildman–Crippen MR) is 112 cm³/mol. The molecule has 2 N–H and O–H groups in total. The maximum atomic E-state index is 5.36. The van der Waals surface area contributed by atoms with E-state index in [9.17, 15) is 0 Å². The summed E-state index contributed by atoms with van der Waals surface area (Å²) in [5, 5.41) is 1.23. The van der Waals surface area contributed by atoms with Crippen LogP contribution in [0.4, 0.5) is 0 Å². The van der Waals surface area contributed by atoms with E-state index < -0.39 is 0 Å². The molecular weight excluding hydrogens is 340 g/mol. The lowest BCUT2D eigenvalue weighted by Gasteiger charge is -2.19. The van der Waals surface area contributed by atoms with Gasteiger partial charge >= 0.3 is 0 Å². The molecule has 0 aliphatic heterocycles. The van der Waals surface area contributed by atoms with Gasteiger partial charge in [0.25, 0.3) is 0 Å². The van der Waals surface area contributed by atoms with Crippen LogP contribution in [0, 0.1) is 0 Å². The lowest BCUT2D eigenvalue weighted by molar-refractivity contribution is 0.415. The molecule has 0 radical (unpaired) electrons. The zero-order valence-corrected chi connectivity index (χ0v) is 17.0. The molecule has 0 saturated carbocycles. The first kappa shape index (κ1) is 18.9. The Morgan fingerprint density at radius 3 is 2.50 bits per heavy atom. The highest BCUT2D eigenvalue weighted by molar-refractivity contribution is 7.97. The molecule has 0 bridgehead atoms. The summed E-state index contributed by atoms with van der Waals surface area (Å²) in [7, 11) is 1.71. The first-order chi connectivity index (χ1) is 12.4. The second-order valence-electron chi connectivity index (χ2n) is 7.82. The van der Waals surface area contributed by atoms with Crippen molar-refractivity contribution < 1.29 is 4.74 Å². The highest BCUT2D eigenvalue weighted by Crippen LogP contribution is 2.26. The summed E-state index contributed by atoms with van der Waals surface area (Å²) in [5.41, 5.74) is 4.02. The van der Waals surface area contributed by atoms with Crippen LogP contribution in [0.3, 0.4) is 0 Å². The van der Waals surface area contributed by atoms with Crippen LogP contribution < -0.4 is 9.46 Å². The van der Waals surface area contributed by atoms with E-state index in [4.69, 9.17) is 4.74 Å². The maximum absolute atomic E-state index is 5.36. The van der Waals surface area contributed by atoms with Gasteiger partial charge in [0, 0.05) is 28.0 Å². The molecule has 1 unspecified atom stereocenters. The Morgan fingerprint density at radius 1 is 1.12 bits per heavy atom. The molecule has 4 heteroatoms. The van der Waals surface area contributed by atoms with Gasteiger partial charge in [0.15, 0.2) is 0 Å². The molecule has 2 aromatic carbocycles. The molecule has 138 valence electrons. The fourth-order valence-electron chi connectivity index (χ4n) is 3.02. The molecule has 0 fully saturated rings. The number of nitrogens with one attached hydrogen (secondary N) is 2. The number of methoxy groups -OCH3 is 1. The zero-order chi connectivity index (χ0) is 18.7. The standard InChI is InChI=1S/C22H28N2OS/c1-15(24-26-19-9-6-17(7-10-19)22(2,3)4)12-16-14-23-21-11-8-18(25-5)13-20(16)21/h6-11,13-15,23-24H,12H2,1-5H3. The fourth-order valence-corrected chi connectivity index (χ4v) is 3.71. The zero-order valence-electron chi connectivity index (χ0n) is 16.2. The van der Waals surface area contributed by atoms with E-state index in [1.807, 2.05) is 6.07 Å². The molecule has 1 heterocycles. The van der Waals surface area contributed by atoms with Gasteiger partial charge in [-0.3, -0.25) is 4.72 Å². The molecule has 0 spiro atoms. The van der Waals surface area contributed by atoms with Crippen LogP contribution in [0.5, 0.6) is 5.75 Å². The Balaban J connectivity index is 1.61. The summed E-state index contributed by atoms with van der Waals surface area (Å²) in [5.74, 6) is 0.896. The number of H-pyrrole nitrogens is 1. The average molecular weight is 369 g/mol. The summed E-state index contributed by atoms with van der Waals surface area (Å²) in [4.78, 5) is 4.59. The number of rotatable bonds is 6. The van der Waals surface area contributed by atoms with Crippen LogP contribution in [-0.2, 0) is 11.8 Å². The molecule has 1 atom stereocenters.